The summed E-state index contributed by atoms with van der Waals surface area (Å²) < 4.78 is 17.7. The van der Waals surface area contributed by atoms with Gasteiger partial charge in [-0.1, -0.05) is 6.07 Å². The number of ketones is 1. The molecular weight excluding hydrogens is 390 g/mol. The highest BCUT2D eigenvalue weighted by molar-refractivity contribution is 7.09. The monoisotopic (exact) mass is 413 g/mol. The molecule has 0 N–H and O–H groups in total. The van der Waals surface area contributed by atoms with Crippen molar-refractivity contribution in [3.63, 3.8) is 0 Å². The van der Waals surface area contributed by atoms with Crippen LogP contribution in [-0.4, -0.2) is 37.1 Å². The van der Waals surface area contributed by atoms with Crippen LogP contribution in [0.2, 0.25) is 0 Å². The summed E-state index contributed by atoms with van der Waals surface area (Å²) in [5.74, 6) is 0.150. The molecule has 2 heterocycles. The zero-order chi connectivity index (χ0) is 21.0. The first kappa shape index (κ1) is 20.7. The number of benzene rings is 1. The molecule has 0 unspecified atom stereocenters. The SMILES string of the molecule is COc1ccc(C(=O)COC(=O)c2cc(C)n(Cc3cccs3)c2C)cc1OC. The van der Waals surface area contributed by atoms with E-state index in [1.165, 1.54) is 19.1 Å². The highest BCUT2D eigenvalue weighted by Crippen LogP contribution is 2.28. The number of hydrogen-bond acceptors (Lipinski definition) is 6. The molecule has 152 valence electrons. The highest BCUT2D eigenvalue weighted by Gasteiger charge is 2.19. The Labute approximate surface area is 173 Å². The van der Waals surface area contributed by atoms with E-state index in [-0.39, 0.29) is 12.4 Å². The molecule has 0 amide bonds. The largest absolute Gasteiger partial charge is 0.493 e. The summed E-state index contributed by atoms with van der Waals surface area (Å²) in [5, 5.41) is 2.03. The van der Waals surface area contributed by atoms with Gasteiger partial charge in [-0.05, 0) is 49.6 Å². The topological polar surface area (TPSA) is 66.8 Å². The number of methoxy groups -OCH3 is 2. The highest BCUT2D eigenvalue weighted by atomic mass is 32.1. The normalized spacial score (nSPS) is 10.6. The number of esters is 1. The Bertz CT molecular complexity index is 1020. The standard InChI is InChI=1S/C22H23NO5S/c1-14-10-18(15(2)23(14)12-17-6-5-9-29-17)22(25)28-13-19(24)16-7-8-20(26-3)21(11-16)27-4/h5-11H,12-13H2,1-4H3. The molecule has 0 aliphatic heterocycles. The lowest BCUT2D eigenvalue weighted by Gasteiger charge is -2.10. The molecule has 0 fully saturated rings. The van der Waals surface area contributed by atoms with E-state index in [0.717, 1.165) is 11.4 Å². The maximum absolute atomic E-state index is 12.6. The van der Waals surface area contributed by atoms with E-state index in [0.29, 0.717) is 29.2 Å². The second-order valence-corrected chi connectivity index (χ2v) is 7.55. The molecule has 0 saturated heterocycles. The molecular formula is C22H23NO5S. The lowest BCUT2D eigenvalue weighted by Crippen LogP contribution is -2.15. The van der Waals surface area contributed by atoms with E-state index in [2.05, 4.69) is 10.6 Å². The Kier molecular flexibility index (Phi) is 6.39. The van der Waals surface area contributed by atoms with Crippen molar-refractivity contribution in [1.29, 1.82) is 0 Å². The number of Topliss-reactive ketones (excluding diaryl/α,β-unsaturated/α-hetero) is 1. The lowest BCUT2D eigenvalue weighted by molar-refractivity contribution is 0.0474. The molecule has 6 nitrogen and oxygen atoms in total. The number of thiophene rings is 1. The number of aryl methyl sites for hydroxylation is 1. The Hall–Kier alpha value is -3.06. The first-order valence-electron chi connectivity index (χ1n) is 9.06. The van der Waals surface area contributed by atoms with Gasteiger partial charge in [-0.15, -0.1) is 11.3 Å². The fourth-order valence-electron chi connectivity index (χ4n) is 3.11. The molecule has 1 aromatic carbocycles. The first-order valence-corrected chi connectivity index (χ1v) is 9.94. The minimum Gasteiger partial charge on any atom is -0.493 e. The molecule has 0 aliphatic carbocycles. The van der Waals surface area contributed by atoms with Crippen LogP contribution in [0.4, 0.5) is 0 Å². The van der Waals surface area contributed by atoms with E-state index in [1.54, 1.807) is 35.6 Å². The second kappa shape index (κ2) is 8.96. The zero-order valence-electron chi connectivity index (χ0n) is 16.9. The smallest absolute Gasteiger partial charge is 0.340 e. The van der Waals surface area contributed by atoms with Crippen molar-refractivity contribution in [1.82, 2.24) is 4.57 Å². The van der Waals surface area contributed by atoms with Crippen molar-refractivity contribution in [2.45, 2.75) is 20.4 Å². The van der Waals surface area contributed by atoms with Crippen molar-refractivity contribution in [2.75, 3.05) is 20.8 Å². The molecule has 0 atom stereocenters. The third-order valence-corrected chi connectivity index (χ3v) is 5.59. The van der Waals surface area contributed by atoms with Crippen molar-refractivity contribution < 1.29 is 23.8 Å². The fraction of sp³-hybridized carbons (Fsp3) is 0.273. The van der Waals surface area contributed by atoms with Gasteiger partial charge in [0.1, 0.15) is 0 Å². The van der Waals surface area contributed by atoms with Gasteiger partial charge in [0, 0.05) is 21.8 Å². The number of nitrogens with zero attached hydrogens (tertiary/aromatic N) is 1. The van der Waals surface area contributed by atoms with Gasteiger partial charge < -0.3 is 18.8 Å². The third-order valence-electron chi connectivity index (χ3n) is 4.73. The van der Waals surface area contributed by atoms with Gasteiger partial charge in [0.2, 0.25) is 0 Å². The second-order valence-electron chi connectivity index (χ2n) is 6.52. The number of aromatic nitrogens is 1. The Morgan fingerprint density at radius 3 is 2.45 bits per heavy atom. The first-order chi connectivity index (χ1) is 13.9. The maximum atomic E-state index is 12.6. The molecule has 0 bridgehead atoms. The van der Waals surface area contributed by atoms with Crippen molar-refractivity contribution >= 4 is 23.1 Å². The molecule has 7 heteroatoms. The number of carbonyl (C=O) groups is 2. The molecule has 0 aliphatic rings. The summed E-state index contributed by atoms with van der Waals surface area (Å²) >= 11 is 1.67. The van der Waals surface area contributed by atoms with E-state index in [1.807, 2.05) is 25.3 Å². The average Bonchev–Trinajstić information content (AvgIpc) is 3.35. The predicted molar refractivity (Wildman–Crippen MR) is 111 cm³/mol. The van der Waals surface area contributed by atoms with Crippen LogP contribution in [0.1, 0.15) is 37.0 Å². The molecule has 3 aromatic rings. The van der Waals surface area contributed by atoms with Gasteiger partial charge in [-0.25, -0.2) is 4.79 Å². The summed E-state index contributed by atoms with van der Waals surface area (Å²) in [6.45, 7) is 4.19. The summed E-state index contributed by atoms with van der Waals surface area (Å²) in [6, 6.07) is 10.7. The molecule has 0 saturated carbocycles. The van der Waals surface area contributed by atoms with Gasteiger partial charge in [-0.3, -0.25) is 4.79 Å². The van der Waals surface area contributed by atoms with Crippen molar-refractivity contribution in [2.24, 2.45) is 0 Å². The molecule has 2 aromatic heterocycles. The van der Waals surface area contributed by atoms with Crippen LogP contribution in [0.15, 0.2) is 41.8 Å². The Morgan fingerprint density at radius 2 is 1.79 bits per heavy atom. The molecule has 29 heavy (non-hydrogen) atoms. The van der Waals surface area contributed by atoms with Crippen LogP contribution in [-0.2, 0) is 11.3 Å². The van der Waals surface area contributed by atoms with Gasteiger partial charge >= 0.3 is 5.97 Å². The van der Waals surface area contributed by atoms with E-state index in [9.17, 15) is 9.59 Å². The summed E-state index contributed by atoms with van der Waals surface area (Å²) in [4.78, 5) is 26.2. The van der Waals surface area contributed by atoms with Crippen molar-refractivity contribution in [3.8, 4) is 11.5 Å². The van der Waals surface area contributed by atoms with E-state index < -0.39 is 5.97 Å². The average molecular weight is 413 g/mol. The predicted octanol–water partition coefficient (Wildman–Crippen LogP) is 4.27. The van der Waals surface area contributed by atoms with Gasteiger partial charge in [0.25, 0.3) is 0 Å². The van der Waals surface area contributed by atoms with Crippen LogP contribution in [0.3, 0.4) is 0 Å². The van der Waals surface area contributed by atoms with Crippen LogP contribution < -0.4 is 9.47 Å². The summed E-state index contributed by atoms with van der Waals surface area (Å²) in [6.07, 6.45) is 0. The molecule has 0 spiro atoms. The number of ether oxygens (including phenoxy) is 3. The number of rotatable bonds is 8. The molecule has 3 rings (SSSR count). The zero-order valence-corrected chi connectivity index (χ0v) is 17.7. The number of hydrogen-bond donors (Lipinski definition) is 0. The summed E-state index contributed by atoms with van der Waals surface area (Å²) in [5.41, 5.74) is 2.64. The van der Waals surface area contributed by atoms with Crippen LogP contribution in [0.5, 0.6) is 11.5 Å². The Balaban J connectivity index is 1.69. The summed E-state index contributed by atoms with van der Waals surface area (Å²) in [7, 11) is 3.02. The molecule has 0 radical (unpaired) electrons. The minimum atomic E-state index is -0.510. The van der Waals surface area contributed by atoms with Gasteiger partial charge in [-0.2, -0.15) is 0 Å². The third kappa shape index (κ3) is 4.51. The lowest BCUT2D eigenvalue weighted by atomic mass is 10.1. The maximum Gasteiger partial charge on any atom is 0.340 e. The fourth-order valence-corrected chi connectivity index (χ4v) is 3.80. The Morgan fingerprint density at radius 1 is 1.03 bits per heavy atom. The minimum absolute atomic E-state index is 0.313. The van der Waals surface area contributed by atoms with E-state index in [4.69, 9.17) is 14.2 Å². The number of carbonyl (C=O) groups excluding carboxylic acids is 2. The van der Waals surface area contributed by atoms with Gasteiger partial charge in [0.15, 0.2) is 23.9 Å². The van der Waals surface area contributed by atoms with Gasteiger partial charge in [0.05, 0.1) is 26.3 Å². The van der Waals surface area contributed by atoms with E-state index >= 15 is 0 Å². The van der Waals surface area contributed by atoms with Crippen LogP contribution >= 0.6 is 11.3 Å². The van der Waals surface area contributed by atoms with Crippen molar-refractivity contribution in [3.05, 3.63) is 69.2 Å². The van der Waals surface area contributed by atoms with Crippen LogP contribution in [0.25, 0.3) is 0 Å². The van der Waals surface area contributed by atoms with Crippen LogP contribution in [0, 0.1) is 13.8 Å². The quantitative estimate of drug-likeness (QED) is 0.408.